The van der Waals surface area contributed by atoms with E-state index in [1.165, 1.54) is 18.4 Å². The molecule has 100 valence electrons. The molecule has 0 radical (unpaired) electrons. The zero-order valence-corrected chi connectivity index (χ0v) is 11.7. The van der Waals surface area contributed by atoms with Gasteiger partial charge in [0.05, 0.1) is 12.8 Å². The van der Waals surface area contributed by atoms with E-state index in [4.69, 9.17) is 4.74 Å². The molecule has 1 N–H and O–H groups in total. The van der Waals surface area contributed by atoms with Crippen molar-refractivity contribution in [2.75, 3.05) is 13.2 Å². The number of rotatable bonds is 5. The van der Waals surface area contributed by atoms with Crippen LogP contribution in [0.4, 0.5) is 0 Å². The fourth-order valence-corrected chi connectivity index (χ4v) is 2.97. The van der Waals surface area contributed by atoms with E-state index in [-0.39, 0.29) is 5.54 Å². The summed E-state index contributed by atoms with van der Waals surface area (Å²) < 4.78 is 5.57. The lowest BCUT2D eigenvalue weighted by Gasteiger charge is -2.32. The van der Waals surface area contributed by atoms with Crippen LogP contribution in [0.25, 0.3) is 0 Å². The summed E-state index contributed by atoms with van der Waals surface area (Å²) in [6.45, 7) is 8.36. The van der Waals surface area contributed by atoms with E-state index in [1.807, 2.05) is 13.1 Å². The molecule has 1 fully saturated rings. The first-order chi connectivity index (χ1) is 8.66. The zero-order valence-electron chi connectivity index (χ0n) is 11.7. The van der Waals surface area contributed by atoms with E-state index in [1.54, 1.807) is 6.20 Å². The molecule has 1 aromatic heterocycles. The minimum absolute atomic E-state index is 0.105. The Kier molecular flexibility index (Phi) is 4.23. The van der Waals surface area contributed by atoms with Crippen LogP contribution in [0.1, 0.15) is 45.6 Å². The molecule has 0 saturated carbocycles. The van der Waals surface area contributed by atoms with Crippen molar-refractivity contribution in [3.63, 3.8) is 0 Å². The smallest absolute Gasteiger partial charge is 0.137 e. The van der Waals surface area contributed by atoms with Gasteiger partial charge in [-0.2, -0.15) is 0 Å². The lowest BCUT2D eigenvalue weighted by molar-refractivity contribution is 0.304. The van der Waals surface area contributed by atoms with Crippen molar-refractivity contribution >= 4 is 0 Å². The molecule has 1 unspecified atom stereocenters. The number of aromatic nitrogens is 1. The maximum Gasteiger partial charge on any atom is 0.137 e. The first-order valence-electron chi connectivity index (χ1n) is 6.99. The first-order valence-corrected chi connectivity index (χ1v) is 6.99. The molecule has 1 saturated heterocycles. The monoisotopic (exact) mass is 248 g/mol. The minimum Gasteiger partial charge on any atom is -0.492 e. The zero-order chi connectivity index (χ0) is 13.0. The molecule has 18 heavy (non-hydrogen) atoms. The van der Waals surface area contributed by atoms with Crippen molar-refractivity contribution in [3.05, 3.63) is 24.0 Å². The van der Waals surface area contributed by atoms with Gasteiger partial charge in [-0.25, -0.2) is 0 Å². The number of hydrogen-bond donors (Lipinski definition) is 1. The second-order valence-corrected chi connectivity index (χ2v) is 5.55. The predicted octanol–water partition coefficient (Wildman–Crippen LogP) is 3.11. The van der Waals surface area contributed by atoms with Gasteiger partial charge >= 0.3 is 0 Å². The highest BCUT2D eigenvalue weighted by Gasteiger charge is 2.36. The summed E-state index contributed by atoms with van der Waals surface area (Å²) in [5.41, 5.74) is 1.38. The van der Waals surface area contributed by atoms with Crippen LogP contribution < -0.4 is 10.1 Å². The van der Waals surface area contributed by atoms with Gasteiger partial charge < -0.3 is 10.1 Å². The van der Waals surface area contributed by atoms with Gasteiger partial charge in [0.1, 0.15) is 5.75 Å². The molecule has 0 aromatic carbocycles. The Bertz CT molecular complexity index is 384. The normalized spacial score (nSPS) is 23.6. The molecular formula is C15H24N2O. The molecule has 3 heteroatoms. The van der Waals surface area contributed by atoms with Gasteiger partial charge in [-0.05, 0) is 50.3 Å². The minimum atomic E-state index is 0.105. The maximum absolute atomic E-state index is 5.57. The van der Waals surface area contributed by atoms with Gasteiger partial charge in [0.25, 0.3) is 0 Å². The predicted molar refractivity (Wildman–Crippen MR) is 73.8 cm³/mol. The van der Waals surface area contributed by atoms with E-state index in [0.717, 1.165) is 18.7 Å². The van der Waals surface area contributed by atoms with Crippen molar-refractivity contribution in [2.45, 2.75) is 45.6 Å². The number of pyridine rings is 1. The van der Waals surface area contributed by atoms with Crippen LogP contribution in [0.2, 0.25) is 0 Å². The van der Waals surface area contributed by atoms with Crippen molar-refractivity contribution in [3.8, 4) is 5.75 Å². The quantitative estimate of drug-likeness (QED) is 0.869. The van der Waals surface area contributed by atoms with E-state index >= 15 is 0 Å². The molecule has 1 atom stereocenters. The largest absolute Gasteiger partial charge is 0.492 e. The third kappa shape index (κ3) is 2.83. The molecule has 2 heterocycles. The topological polar surface area (TPSA) is 34.1 Å². The number of hydrogen-bond acceptors (Lipinski definition) is 3. The Labute approximate surface area is 110 Å². The molecule has 3 nitrogen and oxygen atoms in total. The van der Waals surface area contributed by atoms with Gasteiger partial charge in [-0.3, -0.25) is 4.98 Å². The molecule has 0 aliphatic carbocycles. The summed E-state index contributed by atoms with van der Waals surface area (Å²) in [5, 5.41) is 3.69. The van der Waals surface area contributed by atoms with Crippen LogP contribution in [0.3, 0.4) is 0 Å². The van der Waals surface area contributed by atoms with Crippen molar-refractivity contribution in [1.82, 2.24) is 10.3 Å². The summed E-state index contributed by atoms with van der Waals surface area (Å²) >= 11 is 0. The van der Waals surface area contributed by atoms with E-state index < -0.39 is 0 Å². The Morgan fingerprint density at radius 3 is 2.89 bits per heavy atom. The highest BCUT2D eigenvalue weighted by atomic mass is 16.5. The summed E-state index contributed by atoms with van der Waals surface area (Å²) in [5.74, 6) is 1.55. The maximum atomic E-state index is 5.57. The van der Waals surface area contributed by atoms with Gasteiger partial charge in [-0.1, -0.05) is 13.8 Å². The SMILES string of the molecule is CCOc1cncc(C2(CC(C)C)CCCN2)c1. The van der Waals surface area contributed by atoms with Crippen molar-refractivity contribution in [1.29, 1.82) is 0 Å². The molecule has 0 amide bonds. The van der Waals surface area contributed by atoms with Crippen LogP contribution >= 0.6 is 0 Å². The standard InChI is InChI=1S/C15H24N2O/c1-4-18-14-8-13(10-16-11-14)15(9-12(2)3)6-5-7-17-15/h8,10-12,17H,4-7,9H2,1-3H3. The Hall–Kier alpha value is -1.09. The van der Waals surface area contributed by atoms with Crippen LogP contribution in [0, 0.1) is 5.92 Å². The van der Waals surface area contributed by atoms with Crippen molar-refractivity contribution < 1.29 is 4.74 Å². The summed E-state index contributed by atoms with van der Waals surface area (Å²) in [4.78, 5) is 4.34. The average Bonchev–Trinajstić information content (AvgIpc) is 2.79. The second kappa shape index (κ2) is 5.70. The molecule has 1 aliphatic rings. The molecule has 0 spiro atoms. The Balaban J connectivity index is 2.27. The van der Waals surface area contributed by atoms with Gasteiger partial charge in [0.15, 0.2) is 0 Å². The molecular weight excluding hydrogens is 224 g/mol. The number of nitrogens with one attached hydrogen (secondary N) is 1. The first kappa shape index (κ1) is 13.3. The van der Waals surface area contributed by atoms with Gasteiger partial charge in [0, 0.05) is 11.7 Å². The van der Waals surface area contributed by atoms with Crippen molar-refractivity contribution in [2.24, 2.45) is 5.92 Å². The second-order valence-electron chi connectivity index (χ2n) is 5.55. The number of nitrogens with zero attached hydrogens (tertiary/aromatic N) is 1. The van der Waals surface area contributed by atoms with Crippen LogP contribution in [-0.2, 0) is 5.54 Å². The van der Waals surface area contributed by atoms with Crippen LogP contribution in [0.5, 0.6) is 5.75 Å². The summed E-state index contributed by atoms with van der Waals surface area (Å²) in [7, 11) is 0. The van der Waals surface area contributed by atoms with Crippen LogP contribution in [-0.4, -0.2) is 18.1 Å². The van der Waals surface area contributed by atoms with Gasteiger partial charge in [0.2, 0.25) is 0 Å². The van der Waals surface area contributed by atoms with Gasteiger partial charge in [-0.15, -0.1) is 0 Å². The molecule has 2 rings (SSSR count). The average molecular weight is 248 g/mol. The lowest BCUT2D eigenvalue weighted by Crippen LogP contribution is -2.38. The third-order valence-corrected chi connectivity index (χ3v) is 3.58. The molecule has 1 aliphatic heterocycles. The van der Waals surface area contributed by atoms with E-state index in [2.05, 4.69) is 30.2 Å². The number of ether oxygens (including phenoxy) is 1. The summed E-state index contributed by atoms with van der Waals surface area (Å²) in [6.07, 6.45) is 7.38. The van der Waals surface area contributed by atoms with Crippen LogP contribution in [0.15, 0.2) is 18.5 Å². The lowest BCUT2D eigenvalue weighted by atomic mass is 9.82. The highest BCUT2D eigenvalue weighted by molar-refractivity contribution is 5.30. The fourth-order valence-electron chi connectivity index (χ4n) is 2.97. The molecule has 1 aromatic rings. The summed E-state index contributed by atoms with van der Waals surface area (Å²) in [6, 6.07) is 2.15. The Morgan fingerprint density at radius 1 is 1.44 bits per heavy atom. The fraction of sp³-hybridized carbons (Fsp3) is 0.667. The van der Waals surface area contributed by atoms with E-state index in [0.29, 0.717) is 12.5 Å². The third-order valence-electron chi connectivity index (χ3n) is 3.58. The highest BCUT2D eigenvalue weighted by Crippen LogP contribution is 2.37. The Morgan fingerprint density at radius 2 is 2.28 bits per heavy atom. The molecule has 0 bridgehead atoms. The van der Waals surface area contributed by atoms with E-state index in [9.17, 15) is 0 Å².